The van der Waals surface area contributed by atoms with Gasteiger partial charge in [0.15, 0.2) is 0 Å². The molecule has 0 saturated heterocycles. The van der Waals surface area contributed by atoms with Gasteiger partial charge in [-0.05, 0) is 50.1 Å². The molecule has 2 N–H and O–H groups in total. The largest absolute Gasteiger partial charge is 0.598 e. The van der Waals surface area contributed by atoms with Crippen LogP contribution in [0.1, 0.15) is 37.6 Å². The molecule has 2 rings (SSSR count). The van der Waals surface area contributed by atoms with Gasteiger partial charge in [0.1, 0.15) is 4.75 Å². The van der Waals surface area contributed by atoms with E-state index in [1.807, 2.05) is 38.1 Å². The number of halogens is 2. The molecule has 1 unspecified atom stereocenters. The first kappa shape index (κ1) is 16.8. The van der Waals surface area contributed by atoms with Gasteiger partial charge < -0.3 is 4.55 Å². The summed E-state index contributed by atoms with van der Waals surface area (Å²) in [7, 11) is 0. The van der Waals surface area contributed by atoms with E-state index in [1.54, 1.807) is 6.20 Å². The molecule has 0 aliphatic heterocycles. The summed E-state index contributed by atoms with van der Waals surface area (Å²) in [6.07, 6.45) is 3.14. The van der Waals surface area contributed by atoms with Crippen molar-refractivity contribution in [1.29, 1.82) is 0 Å². The second-order valence-corrected chi connectivity index (χ2v) is 8.33. The third-order valence-electron chi connectivity index (χ3n) is 3.57. The van der Waals surface area contributed by atoms with Crippen molar-refractivity contribution in [2.75, 3.05) is 0 Å². The van der Waals surface area contributed by atoms with Crippen LogP contribution in [0, 0.1) is 0 Å². The summed E-state index contributed by atoms with van der Waals surface area (Å²) >= 11 is 11.1. The van der Waals surface area contributed by atoms with Crippen molar-refractivity contribution in [3.63, 3.8) is 0 Å². The molecule has 0 radical (unpaired) electrons. The minimum absolute atomic E-state index is 0.191. The second kappa shape index (κ2) is 6.71. The van der Waals surface area contributed by atoms with Gasteiger partial charge in [0, 0.05) is 34.4 Å². The van der Waals surface area contributed by atoms with Gasteiger partial charge in [-0.1, -0.05) is 11.6 Å². The zero-order valence-corrected chi connectivity index (χ0v) is 14.3. The summed E-state index contributed by atoms with van der Waals surface area (Å²) in [5, 5.41) is 6.94. The summed E-state index contributed by atoms with van der Waals surface area (Å²) in [5.74, 6) is 0. The van der Waals surface area contributed by atoms with E-state index in [9.17, 15) is 4.55 Å². The van der Waals surface area contributed by atoms with Crippen LogP contribution >= 0.6 is 23.2 Å². The normalized spacial score (nSPS) is 15.1. The lowest BCUT2D eigenvalue weighted by molar-refractivity contribution is 0.513. The number of rotatable bonds is 5. The molecule has 3 nitrogen and oxygen atoms in total. The standard InChI is InChI=1S/C15H18Cl2N2OS/c1-15(2,21(18)20)6-5-13(17)11-7-10-8-12(16)3-4-14(10)19-9-11/h3-4,7-9,13H,5-6,18H2,1-2H3/t13?,21-/m0/s1. The predicted octanol–water partition coefficient (Wildman–Crippen LogP) is 4.35. The van der Waals surface area contributed by atoms with Gasteiger partial charge in [-0.15, -0.1) is 11.6 Å². The van der Waals surface area contributed by atoms with Crippen molar-refractivity contribution in [3.05, 3.63) is 41.0 Å². The zero-order valence-electron chi connectivity index (χ0n) is 12.0. The molecule has 2 atom stereocenters. The van der Waals surface area contributed by atoms with Gasteiger partial charge in [-0.2, -0.15) is 5.14 Å². The Balaban J connectivity index is 2.14. The van der Waals surface area contributed by atoms with Crippen LogP contribution in [-0.2, 0) is 11.4 Å². The average Bonchev–Trinajstić information content (AvgIpc) is 2.43. The van der Waals surface area contributed by atoms with E-state index in [1.165, 1.54) is 0 Å². The maximum Gasteiger partial charge on any atom is 0.139 e. The van der Waals surface area contributed by atoms with Crippen LogP contribution in [0.5, 0.6) is 0 Å². The lowest BCUT2D eigenvalue weighted by atomic mass is 10.0. The molecule has 1 aromatic carbocycles. The van der Waals surface area contributed by atoms with Crippen molar-refractivity contribution >= 4 is 45.5 Å². The highest BCUT2D eigenvalue weighted by atomic mass is 35.5. The molecule has 0 spiro atoms. The Kier molecular flexibility index (Phi) is 5.38. The first-order valence-corrected chi connectivity index (χ1v) is 8.68. The van der Waals surface area contributed by atoms with Gasteiger partial charge in [-0.3, -0.25) is 4.98 Å². The number of benzene rings is 1. The Labute approximate surface area is 138 Å². The van der Waals surface area contributed by atoms with Gasteiger partial charge >= 0.3 is 0 Å². The minimum atomic E-state index is -1.37. The van der Waals surface area contributed by atoms with Crippen molar-refractivity contribution in [3.8, 4) is 0 Å². The SMILES string of the molecule is CC(C)(CCC(Cl)c1cnc2ccc(Cl)cc2c1)[S@@+](N)[O-]. The highest BCUT2D eigenvalue weighted by Gasteiger charge is 2.30. The van der Waals surface area contributed by atoms with Crippen molar-refractivity contribution < 1.29 is 4.55 Å². The van der Waals surface area contributed by atoms with E-state index in [2.05, 4.69) is 4.98 Å². The van der Waals surface area contributed by atoms with Gasteiger partial charge in [0.25, 0.3) is 0 Å². The third kappa shape index (κ3) is 4.24. The van der Waals surface area contributed by atoms with Crippen molar-refractivity contribution in [2.45, 2.75) is 36.8 Å². The molecule has 0 fully saturated rings. The molecule has 21 heavy (non-hydrogen) atoms. The molecule has 2 aromatic rings. The van der Waals surface area contributed by atoms with Crippen LogP contribution in [0.4, 0.5) is 0 Å². The predicted molar refractivity (Wildman–Crippen MR) is 91.0 cm³/mol. The monoisotopic (exact) mass is 344 g/mol. The molecule has 0 aliphatic rings. The maximum atomic E-state index is 11.4. The highest BCUT2D eigenvalue weighted by molar-refractivity contribution is 7.90. The molecule has 0 saturated carbocycles. The molecule has 1 heterocycles. The van der Waals surface area contributed by atoms with Gasteiger partial charge in [0.05, 0.1) is 10.9 Å². The fraction of sp³-hybridized carbons (Fsp3) is 0.400. The summed E-state index contributed by atoms with van der Waals surface area (Å²) in [5.41, 5.74) is 1.82. The smallest absolute Gasteiger partial charge is 0.139 e. The highest BCUT2D eigenvalue weighted by Crippen LogP contribution is 2.32. The number of aromatic nitrogens is 1. The summed E-state index contributed by atoms with van der Waals surface area (Å²) in [4.78, 5) is 4.40. The Morgan fingerprint density at radius 2 is 2.10 bits per heavy atom. The number of nitrogens with zero attached hydrogens (tertiary/aromatic N) is 1. The Morgan fingerprint density at radius 3 is 2.76 bits per heavy atom. The van der Waals surface area contributed by atoms with Gasteiger partial charge in [-0.25, -0.2) is 0 Å². The minimum Gasteiger partial charge on any atom is -0.598 e. The molecular weight excluding hydrogens is 327 g/mol. The first-order chi connectivity index (χ1) is 9.79. The Morgan fingerprint density at radius 1 is 1.38 bits per heavy atom. The molecule has 0 amide bonds. The van der Waals surface area contributed by atoms with E-state index in [0.717, 1.165) is 16.5 Å². The van der Waals surface area contributed by atoms with E-state index < -0.39 is 16.1 Å². The van der Waals surface area contributed by atoms with Crippen LogP contribution in [0.3, 0.4) is 0 Å². The van der Waals surface area contributed by atoms with Crippen LogP contribution in [0.25, 0.3) is 10.9 Å². The van der Waals surface area contributed by atoms with Crippen LogP contribution in [-0.4, -0.2) is 14.3 Å². The van der Waals surface area contributed by atoms with Crippen molar-refractivity contribution in [1.82, 2.24) is 4.98 Å². The fourth-order valence-electron chi connectivity index (χ4n) is 2.03. The fourth-order valence-corrected chi connectivity index (χ4v) is 2.76. The third-order valence-corrected chi connectivity index (χ3v) is 5.57. The molecular formula is C15H18Cl2N2OS. The Bertz CT molecular complexity index is 634. The molecule has 0 aliphatic carbocycles. The lowest BCUT2D eigenvalue weighted by Crippen LogP contribution is -2.37. The number of hydrogen-bond acceptors (Lipinski definition) is 3. The summed E-state index contributed by atoms with van der Waals surface area (Å²) < 4.78 is 11.0. The zero-order chi connectivity index (χ0) is 15.6. The second-order valence-electron chi connectivity index (χ2n) is 5.67. The maximum absolute atomic E-state index is 11.4. The number of nitrogens with two attached hydrogens (primary N) is 1. The topological polar surface area (TPSA) is 62.0 Å². The quantitative estimate of drug-likeness (QED) is 0.647. The number of alkyl halides is 1. The van der Waals surface area contributed by atoms with Crippen LogP contribution < -0.4 is 5.14 Å². The molecule has 114 valence electrons. The summed E-state index contributed by atoms with van der Waals surface area (Å²) in [6.45, 7) is 3.76. The number of pyridine rings is 1. The van der Waals surface area contributed by atoms with E-state index in [4.69, 9.17) is 28.3 Å². The molecule has 1 aromatic heterocycles. The lowest BCUT2D eigenvalue weighted by Gasteiger charge is -2.25. The van der Waals surface area contributed by atoms with Crippen LogP contribution in [0.15, 0.2) is 30.5 Å². The number of hydrogen-bond donors (Lipinski definition) is 1. The summed E-state index contributed by atoms with van der Waals surface area (Å²) in [6, 6.07) is 7.56. The molecule has 0 bridgehead atoms. The van der Waals surface area contributed by atoms with E-state index in [-0.39, 0.29) is 5.38 Å². The van der Waals surface area contributed by atoms with Crippen molar-refractivity contribution in [2.24, 2.45) is 5.14 Å². The average molecular weight is 345 g/mol. The molecule has 6 heteroatoms. The Hall–Kier alpha value is -0.520. The van der Waals surface area contributed by atoms with Gasteiger partial charge in [0.2, 0.25) is 0 Å². The van der Waals surface area contributed by atoms with E-state index in [0.29, 0.717) is 17.9 Å². The number of fused-ring (bicyclic) bond motifs is 1. The first-order valence-electron chi connectivity index (χ1n) is 6.65. The van der Waals surface area contributed by atoms with E-state index >= 15 is 0 Å². The van der Waals surface area contributed by atoms with Crippen LogP contribution in [0.2, 0.25) is 5.02 Å².